The van der Waals surface area contributed by atoms with Gasteiger partial charge in [-0.15, -0.1) is 0 Å². The average Bonchev–Trinajstić information content (AvgIpc) is 3.14. The molecule has 0 saturated heterocycles. The van der Waals surface area contributed by atoms with E-state index in [0.29, 0.717) is 5.92 Å². The van der Waals surface area contributed by atoms with Crippen LogP contribution in [0.15, 0.2) is 72.8 Å². The van der Waals surface area contributed by atoms with Gasteiger partial charge in [0, 0.05) is 25.2 Å². The van der Waals surface area contributed by atoms with Gasteiger partial charge in [0.1, 0.15) is 0 Å². The van der Waals surface area contributed by atoms with Crippen molar-refractivity contribution < 1.29 is 0 Å². The van der Waals surface area contributed by atoms with E-state index in [1.807, 2.05) is 0 Å². The lowest BCUT2D eigenvalue weighted by Crippen LogP contribution is -2.27. The molecule has 0 heterocycles. The van der Waals surface area contributed by atoms with Gasteiger partial charge in [-0.1, -0.05) is 66.2 Å². The van der Waals surface area contributed by atoms with Crippen molar-refractivity contribution in [3.8, 4) is 11.1 Å². The van der Waals surface area contributed by atoms with E-state index in [2.05, 4.69) is 91.7 Å². The van der Waals surface area contributed by atoms with Gasteiger partial charge in [0.2, 0.25) is 0 Å². The van der Waals surface area contributed by atoms with Gasteiger partial charge in [-0.05, 0) is 80.0 Å². The highest BCUT2D eigenvalue weighted by molar-refractivity contribution is 6.34. The van der Waals surface area contributed by atoms with Crippen LogP contribution in [0, 0.1) is 6.92 Å². The van der Waals surface area contributed by atoms with Gasteiger partial charge >= 0.3 is 0 Å². The zero-order chi connectivity index (χ0) is 20.0. The summed E-state index contributed by atoms with van der Waals surface area (Å²) >= 11 is 0. The van der Waals surface area contributed by atoms with E-state index in [4.69, 9.17) is 0 Å². The quantitative estimate of drug-likeness (QED) is 0.291. The summed E-state index contributed by atoms with van der Waals surface area (Å²) in [4.78, 5) is 2.42. The molecule has 1 unspecified atom stereocenters. The minimum Gasteiger partial charge on any atom is -0.374 e. The molecule has 144 valence electrons. The molecule has 1 heteroatoms. The third-order valence-electron chi connectivity index (χ3n) is 7.39. The fourth-order valence-corrected chi connectivity index (χ4v) is 5.95. The van der Waals surface area contributed by atoms with Gasteiger partial charge < -0.3 is 4.90 Å². The largest absolute Gasteiger partial charge is 0.374 e. The Kier molecular flexibility index (Phi) is 3.10. The SMILES string of the molecule is Cc1ccc(N(C)CC2Cc3ccc4ccc5ccc6ccc2c2c6c5c4c3-2)cc1. The van der Waals surface area contributed by atoms with Crippen LogP contribution in [-0.2, 0) is 6.42 Å². The summed E-state index contributed by atoms with van der Waals surface area (Å²) in [5.41, 5.74) is 8.71. The Morgan fingerprint density at radius 1 is 0.700 bits per heavy atom. The molecule has 30 heavy (non-hydrogen) atoms. The number of nitrogens with zero attached hydrogens (tertiary/aromatic N) is 1. The molecule has 0 aromatic heterocycles. The predicted molar refractivity (Wildman–Crippen MR) is 129 cm³/mol. The van der Waals surface area contributed by atoms with Gasteiger partial charge in [-0.2, -0.15) is 0 Å². The van der Waals surface area contributed by atoms with Crippen LogP contribution in [-0.4, -0.2) is 13.6 Å². The highest BCUT2D eigenvalue weighted by atomic mass is 15.1. The molecular weight excluding hydrogens is 362 g/mol. The third-order valence-corrected chi connectivity index (χ3v) is 7.39. The summed E-state index contributed by atoms with van der Waals surface area (Å²) in [5, 5.41) is 8.59. The number of anilines is 1. The summed E-state index contributed by atoms with van der Waals surface area (Å²) in [5.74, 6) is 0.505. The van der Waals surface area contributed by atoms with Crippen LogP contribution in [0.5, 0.6) is 0 Å². The fourth-order valence-electron chi connectivity index (χ4n) is 5.95. The van der Waals surface area contributed by atoms with Crippen molar-refractivity contribution in [3.05, 3.63) is 89.5 Å². The van der Waals surface area contributed by atoms with E-state index < -0.39 is 0 Å². The van der Waals surface area contributed by atoms with Crippen LogP contribution in [0.4, 0.5) is 5.69 Å². The smallest absolute Gasteiger partial charge is 0.0363 e. The lowest BCUT2D eigenvalue weighted by molar-refractivity contribution is 0.664. The first-order valence-corrected chi connectivity index (χ1v) is 10.9. The Labute approximate surface area is 176 Å². The van der Waals surface area contributed by atoms with E-state index in [9.17, 15) is 0 Å². The maximum atomic E-state index is 2.42. The molecule has 2 aliphatic rings. The van der Waals surface area contributed by atoms with Crippen molar-refractivity contribution in [3.63, 3.8) is 0 Å². The Bertz CT molecular complexity index is 1500. The molecular formula is C29H23N. The highest BCUT2D eigenvalue weighted by Gasteiger charge is 2.32. The van der Waals surface area contributed by atoms with Crippen molar-refractivity contribution in [2.45, 2.75) is 19.3 Å². The summed E-state index contributed by atoms with van der Waals surface area (Å²) in [6.07, 6.45) is 1.12. The summed E-state index contributed by atoms with van der Waals surface area (Å²) in [7, 11) is 2.23. The predicted octanol–water partition coefficient (Wildman–Crippen LogP) is 7.21. The average molecular weight is 386 g/mol. The maximum Gasteiger partial charge on any atom is 0.0363 e. The Balaban J connectivity index is 1.44. The lowest BCUT2D eigenvalue weighted by atomic mass is 9.78. The molecule has 0 N–H and O–H groups in total. The number of hydrogen-bond donors (Lipinski definition) is 0. The monoisotopic (exact) mass is 385 g/mol. The van der Waals surface area contributed by atoms with Crippen LogP contribution in [0.25, 0.3) is 43.4 Å². The molecule has 0 spiro atoms. The Morgan fingerprint density at radius 2 is 1.30 bits per heavy atom. The molecule has 0 amide bonds. The molecule has 5 aromatic rings. The highest BCUT2D eigenvalue weighted by Crippen LogP contribution is 2.54. The maximum absolute atomic E-state index is 2.42. The molecule has 0 bridgehead atoms. The zero-order valence-electron chi connectivity index (χ0n) is 17.4. The third kappa shape index (κ3) is 2.02. The van der Waals surface area contributed by atoms with Crippen molar-refractivity contribution in [1.29, 1.82) is 0 Å². The van der Waals surface area contributed by atoms with E-state index >= 15 is 0 Å². The zero-order valence-corrected chi connectivity index (χ0v) is 17.4. The molecule has 0 radical (unpaired) electrons. The molecule has 0 aliphatic heterocycles. The van der Waals surface area contributed by atoms with E-state index in [1.54, 1.807) is 0 Å². The van der Waals surface area contributed by atoms with Crippen molar-refractivity contribution in [2.75, 3.05) is 18.5 Å². The lowest BCUT2D eigenvalue weighted by Gasteiger charge is -2.32. The summed E-state index contributed by atoms with van der Waals surface area (Å²) < 4.78 is 0. The van der Waals surface area contributed by atoms with E-state index in [0.717, 1.165) is 13.0 Å². The molecule has 1 nitrogen and oxygen atoms in total. The number of hydrogen-bond acceptors (Lipinski definition) is 1. The second kappa shape index (κ2) is 5.64. The Morgan fingerprint density at radius 3 is 2.03 bits per heavy atom. The molecule has 2 aliphatic carbocycles. The van der Waals surface area contributed by atoms with Crippen LogP contribution < -0.4 is 4.90 Å². The normalized spacial score (nSPS) is 16.0. The van der Waals surface area contributed by atoms with Gasteiger partial charge in [-0.25, -0.2) is 0 Å². The molecule has 0 fully saturated rings. The number of rotatable bonds is 3. The summed E-state index contributed by atoms with van der Waals surface area (Å²) in [6, 6.07) is 27.6. The van der Waals surface area contributed by atoms with Crippen molar-refractivity contribution in [2.24, 2.45) is 0 Å². The first-order valence-electron chi connectivity index (χ1n) is 10.9. The van der Waals surface area contributed by atoms with Crippen LogP contribution >= 0.6 is 0 Å². The number of aryl methyl sites for hydroxylation is 1. The first-order chi connectivity index (χ1) is 14.7. The van der Waals surface area contributed by atoms with Gasteiger partial charge in [-0.3, -0.25) is 0 Å². The number of likely N-dealkylation sites (N-methyl/N-ethyl adjacent to an activating group) is 1. The van der Waals surface area contributed by atoms with Crippen LogP contribution in [0.1, 0.15) is 22.6 Å². The first kappa shape index (κ1) is 16.5. The van der Waals surface area contributed by atoms with Crippen LogP contribution in [0.3, 0.4) is 0 Å². The second-order valence-electron chi connectivity index (χ2n) is 9.17. The molecule has 1 atom stereocenters. The van der Waals surface area contributed by atoms with E-state index in [-0.39, 0.29) is 0 Å². The van der Waals surface area contributed by atoms with Gasteiger partial charge in [0.05, 0.1) is 0 Å². The fraction of sp³-hybridized carbons (Fsp3) is 0.172. The van der Waals surface area contributed by atoms with Crippen molar-refractivity contribution >= 4 is 38.0 Å². The van der Waals surface area contributed by atoms with Gasteiger partial charge in [0.15, 0.2) is 0 Å². The minimum atomic E-state index is 0.505. The van der Waals surface area contributed by atoms with E-state index in [1.165, 1.54) is 65.8 Å². The van der Waals surface area contributed by atoms with Crippen molar-refractivity contribution in [1.82, 2.24) is 0 Å². The number of benzene rings is 5. The minimum absolute atomic E-state index is 0.505. The van der Waals surface area contributed by atoms with Gasteiger partial charge in [0.25, 0.3) is 0 Å². The topological polar surface area (TPSA) is 3.24 Å². The summed E-state index contributed by atoms with van der Waals surface area (Å²) in [6.45, 7) is 3.18. The second-order valence-corrected chi connectivity index (χ2v) is 9.17. The van der Waals surface area contributed by atoms with Crippen LogP contribution in [0.2, 0.25) is 0 Å². The Hall–Kier alpha value is -3.32. The standard InChI is InChI=1S/C29H23N/c1-17-3-12-23(13-4-17)30(2)16-22-15-21-10-9-19-6-5-18-7-8-20-11-14-24(22)29-27(20)25(18)26(19)28(21)29/h3-14,22H,15-16H2,1-2H3. The molecule has 7 rings (SSSR count). The molecule has 5 aromatic carbocycles. The molecule has 0 saturated carbocycles.